The fourth-order valence-corrected chi connectivity index (χ4v) is 2.88. The lowest BCUT2D eigenvalue weighted by molar-refractivity contribution is -0.155. The molecule has 5 heteroatoms. The maximum absolute atomic E-state index is 12.4. The zero-order valence-electron chi connectivity index (χ0n) is 11.6. The Hall–Kier alpha value is -1.91. The number of carbonyl (C=O) groups is 3. The first-order valence-corrected chi connectivity index (χ1v) is 6.63. The number of ketones is 1. The van der Waals surface area contributed by atoms with Gasteiger partial charge in [-0.05, 0) is 25.2 Å². The van der Waals surface area contributed by atoms with Crippen LogP contribution in [0.4, 0.5) is 0 Å². The van der Waals surface area contributed by atoms with Gasteiger partial charge in [-0.25, -0.2) is 0 Å². The molecule has 0 bridgehead atoms. The third-order valence-electron chi connectivity index (χ3n) is 4.01. The standard InChI is InChI=1S/C15H18O5/c1-19-14(17)11-7-9-5-3-4-6-10(9)8-12(13(11)16)15(18)20-2/h3-5,10-12H,6-8H2,1-2H3. The van der Waals surface area contributed by atoms with E-state index in [-0.39, 0.29) is 11.7 Å². The number of allylic oxidation sites excluding steroid dienone is 4. The van der Waals surface area contributed by atoms with Gasteiger partial charge in [0.15, 0.2) is 5.78 Å². The van der Waals surface area contributed by atoms with E-state index in [0.29, 0.717) is 12.8 Å². The van der Waals surface area contributed by atoms with Crippen molar-refractivity contribution in [1.82, 2.24) is 0 Å². The molecule has 0 radical (unpaired) electrons. The van der Waals surface area contributed by atoms with Gasteiger partial charge < -0.3 is 9.47 Å². The van der Waals surface area contributed by atoms with E-state index in [0.717, 1.165) is 12.0 Å². The summed E-state index contributed by atoms with van der Waals surface area (Å²) in [6, 6.07) is 0. The van der Waals surface area contributed by atoms with E-state index in [9.17, 15) is 14.4 Å². The highest BCUT2D eigenvalue weighted by Gasteiger charge is 2.43. The Kier molecular flexibility index (Phi) is 4.37. The van der Waals surface area contributed by atoms with Crippen LogP contribution in [0.5, 0.6) is 0 Å². The second-order valence-electron chi connectivity index (χ2n) is 5.10. The van der Waals surface area contributed by atoms with Crippen LogP contribution in [0.3, 0.4) is 0 Å². The molecule has 0 aromatic heterocycles. The molecular weight excluding hydrogens is 260 g/mol. The van der Waals surface area contributed by atoms with Crippen molar-refractivity contribution < 1.29 is 23.9 Å². The van der Waals surface area contributed by atoms with Crippen LogP contribution in [0, 0.1) is 17.8 Å². The molecule has 3 atom stereocenters. The van der Waals surface area contributed by atoms with E-state index >= 15 is 0 Å². The maximum Gasteiger partial charge on any atom is 0.316 e. The van der Waals surface area contributed by atoms with E-state index in [1.54, 1.807) is 0 Å². The van der Waals surface area contributed by atoms with Gasteiger partial charge in [-0.15, -0.1) is 0 Å². The lowest BCUT2D eigenvalue weighted by atomic mass is 9.85. The van der Waals surface area contributed by atoms with Crippen molar-refractivity contribution in [3.05, 3.63) is 23.8 Å². The van der Waals surface area contributed by atoms with E-state index < -0.39 is 23.8 Å². The Morgan fingerprint density at radius 2 is 1.80 bits per heavy atom. The first-order chi connectivity index (χ1) is 9.58. The highest BCUT2D eigenvalue weighted by Crippen LogP contribution is 2.37. The van der Waals surface area contributed by atoms with Gasteiger partial charge in [0, 0.05) is 0 Å². The van der Waals surface area contributed by atoms with Gasteiger partial charge >= 0.3 is 11.9 Å². The fourth-order valence-electron chi connectivity index (χ4n) is 2.88. The van der Waals surface area contributed by atoms with Gasteiger partial charge in [0.1, 0.15) is 11.8 Å². The Morgan fingerprint density at radius 3 is 2.45 bits per heavy atom. The van der Waals surface area contributed by atoms with Crippen LogP contribution in [0.25, 0.3) is 0 Å². The molecule has 0 spiro atoms. The summed E-state index contributed by atoms with van der Waals surface area (Å²) in [4.78, 5) is 36.1. The molecule has 0 saturated heterocycles. The first-order valence-electron chi connectivity index (χ1n) is 6.63. The van der Waals surface area contributed by atoms with E-state index in [1.807, 2.05) is 18.2 Å². The molecule has 1 fully saturated rings. The van der Waals surface area contributed by atoms with Crippen LogP contribution in [0.15, 0.2) is 23.8 Å². The van der Waals surface area contributed by atoms with Gasteiger partial charge in [0.05, 0.1) is 14.2 Å². The minimum Gasteiger partial charge on any atom is -0.468 e. The lowest BCUT2D eigenvalue weighted by Crippen LogP contribution is -2.34. The van der Waals surface area contributed by atoms with Gasteiger partial charge in [-0.2, -0.15) is 0 Å². The van der Waals surface area contributed by atoms with Crippen LogP contribution >= 0.6 is 0 Å². The van der Waals surface area contributed by atoms with Crippen molar-refractivity contribution in [2.45, 2.75) is 19.3 Å². The highest BCUT2D eigenvalue weighted by molar-refractivity contribution is 6.08. The van der Waals surface area contributed by atoms with E-state index in [4.69, 9.17) is 9.47 Å². The smallest absolute Gasteiger partial charge is 0.316 e. The van der Waals surface area contributed by atoms with Crippen LogP contribution < -0.4 is 0 Å². The van der Waals surface area contributed by atoms with Gasteiger partial charge in [-0.1, -0.05) is 23.8 Å². The molecule has 0 aromatic rings. The van der Waals surface area contributed by atoms with Gasteiger partial charge in [0.25, 0.3) is 0 Å². The molecule has 2 rings (SSSR count). The lowest BCUT2D eigenvalue weighted by Gasteiger charge is -2.20. The normalized spacial score (nSPS) is 29.0. The maximum atomic E-state index is 12.4. The number of methoxy groups -OCH3 is 2. The molecule has 108 valence electrons. The van der Waals surface area contributed by atoms with Crippen LogP contribution in [-0.4, -0.2) is 31.9 Å². The molecule has 1 saturated carbocycles. The van der Waals surface area contributed by atoms with Crippen LogP contribution in [0.2, 0.25) is 0 Å². The number of ether oxygens (including phenoxy) is 2. The number of carbonyl (C=O) groups excluding carboxylic acids is 3. The summed E-state index contributed by atoms with van der Waals surface area (Å²) in [6.07, 6.45) is 7.36. The Morgan fingerprint density at radius 1 is 1.15 bits per heavy atom. The SMILES string of the molecule is COC(=O)C1CC2=CC=CCC2CC(C(=O)OC)C1=O. The average molecular weight is 278 g/mol. The monoisotopic (exact) mass is 278 g/mol. The van der Waals surface area contributed by atoms with E-state index in [2.05, 4.69) is 0 Å². The van der Waals surface area contributed by atoms with Crippen molar-refractivity contribution in [2.24, 2.45) is 17.8 Å². The fraction of sp³-hybridized carbons (Fsp3) is 0.533. The average Bonchev–Trinajstić information content (AvgIpc) is 2.63. The second kappa shape index (κ2) is 6.03. The predicted octanol–water partition coefficient (Wildman–Crippen LogP) is 1.43. The van der Waals surface area contributed by atoms with Gasteiger partial charge in [-0.3, -0.25) is 14.4 Å². The Balaban J connectivity index is 2.35. The summed E-state index contributed by atoms with van der Waals surface area (Å²) in [5.41, 5.74) is 1.03. The first kappa shape index (κ1) is 14.5. The van der Waals surface area contributed by atoms with Crippen molar-refractivity contribution in [1.29, 1.82) is 0 Å². The molecule has 5 nitrogen and oxygen atoms in total. The molecule has 0 amide bonds. The number of fused-ring (bicyclic) bond motifs is 1. The van der Waals surface area contributed by atoms with Crippen molar-refractivity contribution >= 4 is 17.7 Å². The summed E-state index contributed by atoms with van der Waals surface area (Å²) in [5, 5.41) is 0. The van der Waals surface area contributed by atoms with Crippen molar-refractivity contribution in [3.63, 3.8) is 0 Å². The molecule has 0 heterocycles. The second-order valence-corrected chi connectivity index (χ2v) is 5.10. The molecule has 0 aromatic carbocycles. The summed E-state index contributed by atoms with van der Waals surface area (Å²) >= 11 is 0. The third kappa shape index (κ3) is 2.66. The number of rotatable bonds is 2. The predicted molar refractivity (Wildman–Crippen MR) is 70.6 cm³/mol. The zero-order chi connectivity index (χ0) is 14.7. The van der Waals surface area contributed by atoms with Crippen molar-refractivity contribution in [2.75, 3.05) is 14.2 Å². The number of hydrogen-bond acceptors (Lipinski definition) is 5. The molecule has 0 N–H and O–H groups in total. The molecule has 2 aliphatic carbocycles. The Bertz CT molecular complexity index is 488. The molecular formula is C15H18O5. The molecule has 20 heavy (non-hydrogen) atoms. The van der Waals surface area contributed by atoms with E-state index in [1.165, 1.54) is 14.2 Å². The highest BCUT2D eigenvalue weighted by atomic mass is 16.5. The minimum absolute atomic E-state index is 0.114. The van der Waals surface area contributed by atoms with Gasteiger partial charge in [0.2, 0.25) is 0 Å². The Labute approximate surface area is 117 Å². The number of hydrogen-bond donors (Lipinski definition) is 0. The summed E-state index contributed by atoms with van der Waals surface area (Å²) in [5.74, 6) is -3.22. The summed E-state index contributed by atoms with van der Waals surface area (Å²) < 4.78 is 9.41. The third-order valence-corrected chi connectivity index (χ3v) is 4.01. The quantitative estimate of drug-likeness (QED) is 0.564. The number of Topliss-reactive ketones (excluding diaryl/α,β-unsaturated/α-hetero) is 1. The van der Waals surface area contributed by atoms with Crippen LogP contribution in [-0.2, 0) is 23.9 Å². The summed E-state index contributed by atoms with van der Waals surface area (Å²) in [6.45, 7) is 0. The molecule has 3 unspecified atom stereocenters. The topological polar surface area (TPSA) is 69.7 Å². The molecule has 2 aliphatic rings. The zero-order valence-corrected chi connectivity index (χ0v) is 11.6. The minimum atomic E-state index is -0.910. The molecule has 0 aliphatic heterocycles. The summed E-state index contributed by atoms with van der Waals surface area (Å²) in [7, 11) is 2.51. The largest absolute Gasteiger partial charge is 0.468 e. The number of esters is 2. The van der Waals surface area contributed by atoms with Crippen LogP contribution in [0.1, 0.15) is 19.3 Å². The van der Waals surface area contributed by atoms with Crippen molar-refractivity contribution in [3.8, 4) is 0 Å².